The van der Waals surface area contributed by atoms with E-state index in [-0.39, 0.29) is 5.75 Å². The van der Waals surface area contributed by atoms with Crippen molar-refractivity contribution in [2.75, 3.05) is 25.4 Å². The summed E-state index contributed by atoms with van der Waals surface area (Å²) in [7, 11) is -3.11. The van der Waals surface area contributed by atoms with Crippen LogP contribution in [0.2, 0.25) is 0 Å². The third-order valence-corrected chi connectivity index (χ3v) is 5.48. The topological polar surface area (TPSA) is 58.2 Å². The second-order valence-corrected chi connectivity index (χ2v) is 7.71. The summed E-state index contributed by atoms with van der Waals surface area (Å²) >= 11 is 0. The molecule has 2 rings (SSSR count). The molecule has 1 aliphatic rings. The molecule has 0 bridgehead atoms. The number of hydrogen-bond acceptors (Lipinski definition) is 3. The Bertz CT molecular complexity index is 496. The molecule has 0 aromatic heterocycles. The number of hydrogen-bond donors (Lipinski definition) is 2. The van der Waals surface area contributed by atoms with E-state index in [1.54, 1.807) is 0 Å². The summed E-state index contributed by atoms with van der Waals surface area (Å²) in [6, 6.07) is 10.2. The number of nitrogens with one attached hydrogen (secondary N) is 2. The molecule has 0 atom stereocenters. The molecule has 1 aromatic rings. The van der Waals surface area contributed by atoms with Gasteiger partial charge < -0.3 is 5.32 Å². The molecule has 2 N–H and O–H groups in total. The Morgan fingerprint density at radius 3 is 2.57 bits per heavy atom. The van der Waals surface area contributed by atoms with Crippen LogP contribution in [-0.4, -0.2) is 33.8 Å². The second kappa shape index (κ2) is 8.51. The molecular weight excluding hydrogens is 284 g/mol. The van der Waals surface area contributed by atoms with Crippen molar-refractivity contribution in [3.63, 3.8) is 0 Å². The smallest absolute Gasteiger partial charge is 0.211 e. The Kier molecular flexibility index (Phi) is 6.67. The Hall–Kier alpha value is -0.910. The monoisotopic (exact) mass is 310 g/mol. The molecule has 1 heterocycles. The molecule has 0 aliphatic carbocycles. The van der Waals surface area contributed by atoms with Crippen LogP contribution in [0.4, 0.5) is 0 Å². The minimum Gasteiger partial charge on any atom is -0.317 e. The summed E-state index contributed by atoms with van der Waals surface area (Å²) in [6.45, 7) is 2.58. The van der Waals surface area contributed by atoms with E-state index >= 15 is 0 Å². The fourth-order valence-electron chi connectivity index (χ4n) is 2.73. The van der Waals surface area contributed by atoms with Crippen LogP contribution >= 0.6 is 0 Å². The van der Waals surface area contributed by atoms with Gasteiger partial charge in [-0.2, -0.15) is 0 Å². The van der Waals surface area contributed by atoms with E-state index in [9.17, 15) is 8.42 Å². The molecule has 0 radical (unpaired) electrons. The lowest BCUT2D eigenvalue weighted by atomic mass is 9.96. The molecule has 1 aliphatic heterocycles. The van der Waals surface area contributed by atoms with Gasteiger partial charge in [-0.25, -0.2) is 13.1 Å². The lowest BCUT2D eigenvalue weighted by molar-refractivity contribution is 0.365. The van der Waals surface area contributed by atoms with Gasteiger partial charge in [-0.15, -0.1) is 0 Å². The van der Waals surface area contributed by atoms with Gasteiger partial charge in [0, 0.05) is 6.54 Å². The van der Waals surface area contributed by atoms with E-state index in [4.69, 9.17) is 0 Å². The lowest BCUT2D eigenvalue weighted by Crippen LogP contribution is -2.32. The third kappa shape index (κ3) is 6.59. The first-order valence-corrected chi connectivity index (χ1v) is 9.53. The minimum atomic E-state index is -3.11. The van der Waals surface area contributed by atoms with Gasteiger partial charge in [0.15, 0.2) is 0 Å². The zero-order valence-corrected chi connectivity index (χ0v) is 13.4. The molecular formula is C16H26N2O2S. The molecule has 0 amide bonds. The van der Waals surface area contributed by atoms with Crippen molar-refractivity contribution in [2.45, 2.75) is 32.1 Å². The number of piperidine rings is 1. The largest absolute Gasteiger partial charge is 0.317 e. The van der Waals surface area contributed by atoms with E-state index in [1.807, 2.05) is 18.2 Å². The van der Waals surface area contributed by atoms with Crippen molar-refractivity contribution in [3.8, 4) is 0 Å². The SMILES string of the molecule is O=S(=O)(CCC1CCNCC1)NCCCc1ccccc1. The van der Waals surface area contributed by atoms with Gasteiger partial charge in [0.05, 0.1) is 5.75 Å². The number of benzene rings is 1. The first-order chi connectivity index (χ1) is 10.2. The summed E-state index contributed by atoms with van der Waals surface area (Å²) in [6.07, 6.45) is 4.75. The molecule has 1 fully saturated rings. The third-order valence-electron chi connectivity index (χ3n) is 4.06. The molecule has 4 nitrogen and oxygen atoms in total. The predicted octanol–water partition coefficient (Wildman–Crippen LogP) is 1.93. The van der Waals surface area contributed by atoms with Crippen molar-refractivity contribution >= 4 is 10.0 Å². The van der Waals surface area contributed by atoms with Crippen LogP contribution in [0.25, 0.3) is 0 Å². The number of aryl methyl sites for hydroxylation is 1. The minimum absolute atomic E-state index is 0.267. The zero-order valence-electron chi connectivity index (χ0n) is 12.6. The van der Waals surface area contributed by atoms with Crippen LogP contribution in [0.3, 0.4) is 0 Å². The fourth-order valence-corrected chi connectivity index (χ4v) is 3.97. The highest BCUT2D eigenvalue weighted by Gasteiger charge is 2.17. The van der Waals surface area contributed by atoms with Crippen molar-refractivity contribution < 1.29 is 8.42 Å². The quantitative estimate of drug-likeness (QED) is 0.721. The van der Waals surface area contributed by atoms with E-state index in [0.717, 1.165) is 45.2 Å². The molecule has 1 saturated heterocycles. The Morgan fingerprint density at radius 2 is 1.86 bits per heavy atom. The van der Waals surface area contributed by atoms with Crippen LogP contribution in [-0.2, 0) is 16.4 Å². The van der Waals surface area contributed by atoms with Gasteiger partial charge >= 0.3 is 0 Å². The van der Waals surface area contributed by atoms with Gasteiger partial charge in [0.1, 0.15) is 0 Å². The van der Waals surface area contributed by atoms with Crippen molar-refractivity contribution in [2.24, 2.45) is 5.92 Å². The zero-order chi connectivity index (χ0) is 15.0. The number of sulfonamides is 1. The average Bonchev–Trinajstić information content (AvgIpc) is 2.52. The molecule has 5 heteroatoms. The molecule has 1 aromatic carbocycles. The summed E-state index contributed by atoms with van der Waals surface area (Å²) in [4.78, 5) is 0. The molecule has 118 valence electrons. The summed E-state index contributed by atoms with van der Waals surface area (Å²) < 4.78 is 26.6. The first-order valence-electron chi connectivity index (χ1n) is 7.88. The predicted molar refractivity (Wildman–Crippen MR) is 86.8 cm³/mol. The van der Waals surface area contributed by atoms with Crippen LogP contribution in [0.5, 0.6) is 0 Å². The van der Waals surface area contributed by atoms with E-state index in [2.05, 4.69) is 22.2 Å². The second-order valence-electron chi connectivity index (χ2n) is 5.78. The maximum atomic E-state index is 12.0. The van der Waals surface area contributed by atoms with E-state index in [1.165, 1.54) is 5.56 Å². The average molecular weight is 310 g/mol. The van der Waals surface area contributed by atoms with Gasteiger partial charge in [0.25, 0.3) is 0 Å². The van der Waals surface area contributed by atoms with Crippen molar-refractivity contribution in [3.05, 3.63) is 35.9 Å². The molecule has 0 saturated carbocycles. The maximum Gasteiger partial charge on any atom is 0.211 e. The summed E-state index contributed by atoms with van der Waals surface area (Å²) in [5, 5.41) is 3.30. The van der Waals surface area contributed by atoms with Gasteiger partial charge in [0.2, 0.25) is 10.0 Å². The lowest BCUT2D eigenvalue weighted by Gasteiger charge is -2.22. The van der Waals surface area contributed by atoms with Crippen LogP contribution in [0.15, 0.2) is 30.3 Å². The normalized spacial score (nSPS) is 17.0. The molecule has 0 spiro atoms. The summed E-state index contributed by atoms with van der Waals surface area (Å²) in [5.41, 5.74) is 1.26. The Labute approximate surface area is 128 Å². The highest BCUT2D eigenvalue weighted by molar-refractivity contribution is 7.89. The van der Waals surface area contributed by atoms with Gasteiger partial charge in [-0.1, -0.05) is 30.3 Å². The van der Waals surface area contributed by atoms with Crippen LogP contribution in [0, 0.1) is 5.92 Å². The van der Waals surface area contributed by atoms with Crippen LogP contribution in [0.1, 0.15) is 31.2 Å². The van der Waals surface area contributed by atoms with E-state index in [0.29, 0.717) is 12.5 Å². The highest BCUT2D eigenvalue weighted by atomic mass is 32.2. The Balaban J connectivity index is 1.62. The molecule has 0 unspecified atom stereocenters. The summed E-state index contributed by atoms with van der Waals surface area (Å²) in [5.74, 6) is 0.829. The van der Waals surface area contributed by atoms with Gasteiger partial charge in [-0.05, 0) is 56.7 Å². The first kappa shape index (κ1) is 16.5. The maximum absolute atomic E-state index is 12.0. The standard InChI is InChI=1S/C16H26N2O2S/c19-21(20,14-10-16-8-12-17-13-9-16)18-11-4-7-15-5-2-1-3-6-15/h1-3,5-6,16-18H,4,7-14H2. The van der Waals surface area contributed by atoms with Crippen LogP contribution < -0.4 is 10.0 Å². The van der Waals surface area contributed by atoms with Crippen molar-refractivity contribution in [1.29, 1.82) is 0 Å². The molecule has 21 heavy (non-hydrogen) atoms. The fraction of sp³-hybridized carbons (Fsp3) is 0.625. The highest BCUT2D eigenvalue weighted by Crippen LogP contribution is 2.16. The number of rotatable bonds is 8. The van der Waals surface area contributed by atoms with Crippen molar-refractivity contribution in [1.82, 2.24) is 10.0 Å². The Morgan fingerprint density at radius 1 is 1.14 bits per heavy atom. The van der Waals surface area contributed by atoms with E-state index < -0.39 is 10.0 Å². The van der Waals surface area contributed by atoms with Gasteiger partial charge in [-0.3, -0.25) is 0 Å².